The summed E-state index contributed by atoms with van der Waals surface area (Å²) in [6, 6.07) is 1.87. The number of carbonyl (C=O) groups excluding carboxylic acids is 1. The second-order valence-electron chi connectivity index (χ2n) is 4.40. The maximum absolute atomic E-state index is 11.9. The zero-order valence-electron chi connectivity index (χ0n) is 10.6. The molecule has 0 aromatic carbocycles. The summed E-state index contributed by atoms with van der Waals surface area (Å²) in [6.07, 6.45) is 1.67. The summed E-state index contributed by atoms with van der Waals surface area (Å²) >= 11 is 8.28. The molecule has 1 atom stereocenters. The van der Waals surface area contributed by atoms with Crippen LogP contribution < -0.4 is 0 Å². The first kappa shape index (κ1) is 14.3. The third kappa shape index (κ3) is 2.46. The molecule has 0 aliphatic heterocycles. The first-order valence-electron chi connectivity index (χ1n) is 6.21. The first-order valence-corrected chi connectivity index (χ1v) is 8.61. The van der Waals surface area contributed by atoms with Gasteiger partial charge in [-0.3, -0.25) is 4.79 Å². The summed E-state index contributed by atoms with van der Waals surface area (Å²) < 4.78 is 12.2. The van der Waals surface area contributed by atoms with Gasteiger partial charge in [-0.05, 0) is 51.6 Å². The quantitative estimate of drug-likeness (QED) is 0.685. The number of hydrogen-bond donors (Lipinski definition) is 0. The van der Waals surface area contributed by atoms with E-state index in [1.165, 1.54) is 0 Å². The largest absolute Gasteiger partial charge is 0.465 e. The second kappa shape index (κ2) is 5.61. The van der Waals surface area contributed by atoms with Crippen LogP contribution >= 0.6 is 43.2 Å². The summed E-state index contributed by atoms with van der Waals surface area (Å²) in [6.45, 7) is 2.22. The minimum Gasteiger partial charge on any atom is -0.465 e. The van der Waals surface area contributed by atoms with Gasteiger partial charge in [0.15, 0.2) is 15.4 Å². The zero-order chi connectivity index (χ0) is 14.3. The van der Waals surface area contributed by atoms with Gasteiger partial charge in [0.2, 0.25) is 0 Å². The van der Waals surface area contributed by atoms with Gasteiger partial charge >= 0.3 is 5.97 Å². The lowest BCUT2D eigenvalue weighted by Crippen LogP contribution is -2.14. The fraction of sp³-hybridized carbons (Fsp3) is 0.385. The number of aromatic nitrogens is 1. The van der Waals surface area contributed by atoms with Gasteiger partial charge in [-0.25, -0.2) is 4.98 Å². The van der Waals surface area contributed by atoms with Crippen LogP contribution in [-0.4, -0.2) is 17.6 Å². The summed E-state index contributed by atoms with van der Waals surface area (Å²) in [5.74, 6) is 0.299. The van der Waals surface area contributed by atoms with Crippen LogP contribution in [0.4, 0.5) is 0 Å². The predicted octanol–water partition coefficient (Wildman–Crippen LogP) is 4.52. The molecule has 4 nitrogen and oxygen atoms in total. The number of aryl methyl sites for hydroxylation is 1. The van der Waals surface area contributed by atoms with Crippen molar-refractivity contribution in [2.24, 2.45) is 0 Å². The highest BCUT2D eigenvalue weighted by atomic mass is 79.9. The number of hydrogen-bond acceptors (Lipinski definition) is 5. The molecule has 2 aromatic rings. The van der Waals surface area contributed by atoms with E-state index in [0.717, 1.165) is 32.9 Å². The average molecular weight is 421 g/mol. The standard InChI is InChI=1S/C13H11Br2NO3S/c1-2-18-13(17)6-3-4-9-10(6)16-12(20-9)8-5-7(14)11(15)19-8/h5-6H,2-4H2,1H3. The van der Waals surface area contributed by atoms with Crippen LogP contribution in [0.5, 0.6) is 0 Å². The Hall–Kier alpha value is -0.660. The molecule has 2 aromatic heterocycles. The van der Waals surface area contributed by atoms with Crippen LogP contribution in [0.15, 0.2) is 19.6 Å². The van der Waals surface area contributed by atoms with Crippen LogP contribution in [0.2, 0.25) is 0 Å². The third-order valence-corrected chi connectivity index (χ3v) is 6.00. The van der Waals surface area contributed by atoms with Crippen LogP contribution in [-0.2, 0) is 16.0 Å². The number of halogens is 2. The van der Waals surface area contributed by atoms with Crippen molar-refractivity contribution < 1.29 is 13.9 Å². The summed E-state index contributed by atoms with van der Waals surface area (Å²) in [5, 5.41) is 0.801. The molecule has 1 unspecified atom stereocenters. The fourth-order valence-corrected chi connectivity index (χ4v) is 3.93. The number of carbonyl (C=O) groups is 1. The molecule has 0 saturated carbocycles. The van der Waals surface area contributed by atoms with Gasteiger partial charge in [-0.2, -0.15) is 0 Å². The monoisotopic (exact) mass is 419 g/mol. The van der Waals surface area contributed by atoms with Gasteiger partial charge in [0, 0.05) is 10.9 Å². The highest BCUT2D eigenvalue weighted by molar-refractivity contribution is 9.13. The van der Waals surface area contributed by atoms with Gasteiger partial charge < -0.3 is 9.15 Å². The Labute approximate surface area is 136 Å². The Bertz CT molecular complexity index is 645. The van der Waals surface area contributed by atoms with Gasteiger partial charge in [0.25, 0.3) is 0 Å². The van der Waals surface area contributed by atoms with E-state index in [4.69, 9.17) is 9.15 Å². The van der Waals surface area contributed by atoms with Crippen molar-refractivity contribution in [1.29, 1.82) is 0 Å². The topological polar surface area (TPSA) is 52.3 Å². The summed E-state index contributed by atoms with van der Waals surface area (Å²) in [7, 11) is 0. The second-order valence-corrected chi connectivity index (χ2v) is 7.06. The van der Waals surface area contributed by atoms with Gasteiger partial charge in [-0.1, -0.05) is 0 Å². The number of furan rings is 1. The fourth-order valence-electron chi connectivity index (χ4n) is 2.26. The lowest BCUT2D eigenvalue weighted by atomic mass is 10.1. The zero-order valence-corrected chi connectivity index (χ0v) is 14.6. The minimum atomic E-state index is -0.225. The Balaban J connectivity index is 1.92. The maximum Gasteiger partial charge on any atom is 0.315 e. The third-order valence-electron chi connectivity index (χ3n) is 3.14. The molecule has 7 heteroatoms. The van der Waals surface area contributed by atoms with E-state index in [1.54, 1.807) is 11.3 Å². The molecular formula is C13H11Br2NO3S. The molecule has 0 amide bonds. The highest BCUT2D eigenvalue weighted by Gasteiger charge is 2.34. The van der Waals surface area contributed by atoms with E-state index in [-0.39, 0.29) is 11.9 Å². The van der Waals surface area contributed by atoms with Crippen molar-refractivity contribution in [3.8, 4) is 10.8 Å². The minimum absolute atomic E-state index is 0.176. The van der Waals surface area contributed by atoms with Crippen molar-refractivity contribution >= 4 is 49.2 Å². The molecule has 0 fully saturated rings. The molecule has 2 heterocycles. The molecule has 0 N–H and O–H groups in total. The Morgan fingerprint density at radius 3 is 3.05 bits per heavy atom. The Kier molecular flexibility index (Phi) is 4.01. The molecule has 0 bridgehead atoms. The van der Waals surface area contributed by atoms with E-state index in [1.807, 2.05) is 13.0 Å². The van der Waals surface area contributed by atoms with Crippen LogP contribution in [0, 0.1) is 0 Å². The molecule has 106 valence electrons. The summed E-state index contributed by atoms with van der Waals surface area (Å²) in [4.78, 5) is 17.7. The lowest BCUT2D eigenvalue weighted by molar-refractivity contribution is -0.145. The Morgan fingerprint density at radius 2 is 2.40 bits per heavy atom. The number of fused-ring (bicyclic) bond motifs is 1. The van der Waals surface area contributed by atoms with E-state index in [2.05, 4.69) is 36.8 Å². The lowest BCUT2D eigenvalue weighted by Gasteiger charge is -2.07. The van der Waals surface area contributed by atoms with Crippen molar-refractivity contribution in [2.75, 3.05) is 6.61 Å². The number of thiazole rings is 1. The van der Waals surface area contributed by atoms with Gasteiger partial charge in [0.05, 0.1) is 16.8 Å². The van der Waals surface area contributed by atoms with E-state index < -0.39 is 0 Å². The molecule has 3 rings (SSSR count). The first-order chi connectivity index (χ1) is 9.60. The number of nitrogens with zero attached hydrogens (tertiary/aromatic N) is 1. The van der Waals surface area contributed by atoms with Crippen molar-refractivity contribution in [3.63, 3.8) is 0 Å². The van der Waals surface area contributed by atoms with E-state index >= 15 is 0 Å². The average Bonchev–Trinajstić information content (AvgIpc) is 3.04. The SMILES string of the molecule is CCOC(=O)C1CCc2sc(-c3cc(Br)c(Br)o3)nc21. The molecule has 20 heavy (non-hydrogen) atoms. The van der Waals surface area contributed by atoms with Crippen LogP contribution in [0.1, 0.15) is 29.8 Å². The highest BCUT2D eigenvalue weighted by Crippen LogP contribution is 2.42. The molecule has 1 aliphatic carbocycles. The number of rotatable bonds is 3. The number of ether oxygens (including phenoxy) is 1. The van der Waals surface area contributed by atoms with Crippen molar-refractivity contribution in [2.45, 2.75) is 25.7 Å². The number of esters is 1. The Morgan fingerprint density at radius 1 is 1.60 bits per heavy atom. The molecular weight excluding hydrogens is 410 g/mol. The van der Waals surface area contributed by atoms with E-state index in [0.29, 0.717) is 17.0 Å². The smallest absolute Gasteiger partial charge is 0.315 e. The molecule has 0 radical (unpaired) electrons. The van der Waals surface area contributed by atoms with Crippen molar-refractivity contribution in [3.05, 3.63) is 25.8 Å². The molecule has 0 saturated heterocycles. The van der Waals surface area contributed by atoms with Crippen molar-refractivity contribution in [1.82, 2.24) is 4.98 Å². The maximum atomic E-state index is 11.9. The van der Waals surface area contributed by atoms with E-state index in [9.17, 15) is 4.79 Å². The predicted molar refractivity (Wildman–Crippen MR) is 82.9 cm³/mol. The molecule has 0 spiro atoms. The van der Waals surface area contributed by atoms with Crippen LogP contribution in [0.25, 0.3) is 10.8 Å². The van der Waals surface area contributed by atoms with Crippen LogP contribution in [0.3, 0.4) is 0 Å². The molecule has 1 aliphatic rings. The van der Waals surface area contributed by atoms with Gasteiger partial charge in [0.1, 0.15) is 5.92 Å². The van der Waals surface area contributed by atoms with Gasteiger partial charge in [-0.15, -0.1) is 11.3 Å². The normalized spacial score (nSPS) is 17.2. The summed E-state index contributed by atoms with van der Waals surface area (Å²) in [5.41, 5.74) is 0.854.